The lowest BCUT2D eigenvalue weighted by atomic mass is 9.87. The second-order valence-corrected chi connectivity index (χ2v) is 5.07. The van der Waals surface area contributed by atoms with E-state index in [1.807, 2.05) is 0 Å². The number of aromatic amines is 1. The van der Waals surface area contributed by atoms with Crippen molar-refractivity contribution < 1.29 is 14.7 Å². The summed E-state index contributed by atoms with van der Waals surface area (Å²) in [7, 11) is 0. The van der Waals surface area contributed by atoms with Gasteiger partial charge in [0, 0.05) is 17.5 Å². The van der Waals surface area contributed by atoms with Crippen LogP contribution in [0.2, 0.25) is 0 Å². The van der Waals surface area contributed by atoms with E-state index in [4.69, 9.17) is 5.11 Å². The number of amides is 1. The molecule has 0 saturated carbocycles. The fourth-order valence-corrected chi connectivity index (χ4v) is 1.81. The van der Waals surface area contributed by atoms with Crippen LogP contribution >= 0.6 is 0 Å². The van der Waals surface area contributed by atoms with Crippen molar-refractivity contribution in [1.82, 2.24) is 15.5 Å². The Bertz CT molecular complexity index is 650. The molecule has 6 heteroatoms. The average Bonchev–Trinajstić information content (AvgIpc) is 2.91. The van der Waals surface area contributed by atoms with Gasteiger partial charge in [-0.1, -0.05) is 13.0 Å². The molecule has 0 saturated heterocycles. The normalized spacial score (nSPS) is 13.9. The number of rotatable bonds is 5. The molecule has 1 unspecified atom stereocenters. The number of nitrogens with one attached hydrogen (secondary N) is 2. The molecule has 6 nitrogen and oxygen atoms in total. The van der Waals surface area contributed by atoms with Crippen LogP contribution in [0.15, 0.2) is 24.4 Å². The quantitative estimate of drug-likeness (QED) is 0.775. The highest BCUT2D eigenvalue weighted by molar-refractivity contribution is 5.97. The van der Waals surface area contributed by atoms with Crippen LogP contribution in [0.4, 0.5) is 0 Å². The Morgan fingerprint density at radius 1 is 1.45 bits per heavy atom. The molecule has 1 aromatic heterocycles. The standard InChI is InChI=1S/C14H17N3O3/c1-3-14(2,13(19)20)8-15-12(18)9-4-5-10-7-16-17-11(10)6-9/h4-7H,3,8H2,1-2H3,(H,15,18)(H,16,17)(H,19,20). The van der Waals surface area contributed by atoms with E-state index in [0.29, 0.717) is 12.0 Å². The van der Waals surface area contributed by atoms with Crippen molar-refractivity contribution in [2.24, 2.45) is 5.41 Å². The van der Waals surface area contributed by atoms with Crippen molar-refractivity contribution in [3.8, 4) is 0 Å². The fourth-order valence-electron chi connectivity index (χ4n) is 1.81. The first-order valence-electron chi connectivity index (χ1n) is 6.41. The highest BCUT2D eigenvalue weighted by Gasteiger charge is 2.31. The summed E-state index contributed by atoms with van der Waals surface area (Å²) in [6, 6.07) is 5.18. The first-order valence-corrected chi connectivity index (χ1v) is 6.41. The molecule has 2 aromatic rings. The number of carboxylic acids is 1. The molecule has 1 amide bonds. The van der Waals surface area contributed by atoms with E-state index in [1.54, 1.807) is 38.2 Å². The third-order valence-corrected chi connectivity index (χ3v) is 3.64. The molecule has 0 aliphatic heterocycles. The van der Waals surface area contributed by atoms with Crippen LogP contribution in [-0.2, 0) is 4.79 Å². The van der Waals surface area contributed by atoms with Crippen LogP contribution in [0.1, 0.15) is 30.6 Å². The summed E-state index contributed by atoms with van der Waals surface area (Å²) in [4.78, 5) is 23.2. The van der Waals surface area contributed by atoms with Gasteiger partial charge in [0.15, 0.2) is 0 Å². The van der Waals surface area contributed by atoms with E-state index in [9.17, 15) is 9.59 Å². The number of hydrogen-bond acceptors (Lipinski definition) is 3. The van der Waals surface area contributed by atoms with Crippen LogP contribution in [0.3, 0.4) is 0 Å². The van der Waals surface area contributed by atoms with Gasteiger partial charge < -0.3 is 10.4 Å². The summed E-state index contributed by atoms with van der Waals surface area (Å²) in [5.41, 5.74) is 0.299. The summed E-state index contributed by atoms with van der Waals surface area (Å²) in [6.45, 7) is 3.50. The molecule has 3 N–H and O–H groups in total. The van der Waals surface area contributed by atoms with Crippen molar-refractivity contribution in [3.05, 3.63) is 30.0 Å². The molecule has 20 heavy (non-hydrogen) atoms. The van der Waals surface area contributed by atoms with Crippen molar-refractivity contribution >= 4 is 22.8 Å². The zero-order valence-electron chi connectivity index (χ0n) is 11.4. The molecule has 0 aliphatic rings. The van der Waals surface area contributed by atoms with E-state index < -0.39 is 11.4 Å². The number of carboxylic acid groups (broad SMARTS) is 1. The van der Waals surface area contributed by atoms with Crippen LogP contribution in [0, 0.1) is 5.41 Å². The van der Waals surface area contributed by atoms with Gasteiger partial charge in [0.1, 0.15) is 0 Å². The van der Waals surface area contributed by atoms with Gasteiger partial charge in [0.2, 0.25) is 0 Å². The molecule has 0 bridgehead atoms. The zero-order valence-corrected chi connectivity index (χ0v) is 11.4. The Labute approximate surface area is 116 Å². The summed E-state index contributed by atoms with van der Waals surface area (Å²) >= 11 is 0. The number of fused-ring (bicyclic) bond motifs is 1. The molecule has 0 spiro atoms. The van der Waals surface area contributed by atoms with E-state index in [0.717, 1.165) is 10.9 Å². The largest absolute Gasteiger partial charge is 0.481 e. The van der Waals surface area contributed by atoms with Gasteiger partial charge in [0.05, 0.1) is 17.1 Å². The summed E-state index contributed by atoms with van der Waals surface area (Å²) in [5.74, 6) is -1.20. The Hall–Kier alpha value is -2.37. The third-order valence-electron chi connectivity index (χ3n) is 3.64. The Kier molecular flexibility index (Phi) is 3.74. The van der Waals surface area contributed by atoms with E-state index in [2.05, 4.69) is 15.5 Å². The van der Waals surface area contributed by atoms with E-state index in [1.165, 1.54) is 0 Å². The van der Waals surface area contributed by atoms with Crippen LogP contribution in [-0.4, -0.2) is 33.7 Å². The third kappa shape index (κ3) is 2.64. The second kappa shape index (κ2) is 5.32. The minimum atomic E-state index is -0.951. The van der Waals surface area contributed by atoms with Crippen molar-refractivity contribution in [2.75, 3.05) is 6.54 Å². The number of aromatic nitrogens is 2. The van der Waals surface area contributed by atoms with Gasteiger partial charge in [-0.15, -0.1) is 0 Å². The molecule has 0 aliphatic carbocycles. The van der Waals surface area contributed by atoms with Gasteiger partial charge in [-0.05, 0) is 25.5 Å². The summed E-state index contributed by atoms with van der Waals surface area (Å²) in [6.07, 6.45) is 2.12. The molecule has 2 rings (SSSR count). The molecule has 0 radical (unpaired) electrons. The second-order valence-electron chi connectivity index (χ2n) is 5.07. The Morgan fingerprint density at radius 3 is 2.85 bits per heavy atom. The fraction of sp³-hybridized carbons (Fsp3) is 0.357. The predicted molar refractivity (Wildman–Crippen MR) is 74.5 cm³/mol. The number of nitrogens with zero attached hydrogens (tertiary/aromatic N) is 1. The Balaban J connectivity index is 2.10. The molecule has 1 heterocycles. The average molecular weight is 275 g/mol. The zero-order chi connectivity index (χ0) is 14.8. The van der Waals surface area contributed by atoms with Gasteiger partial charge in [-0.3, -0.25) is 14.7 Å². The smallest absolute Gasteiger partial charge is 0.311 e. The Morgan fingerprint density at radius 2 is 2.20 bits per heavy atom. The number of benzene rings is 1. The lowest BCUT2D eigenvalue weighted by Crippen LogP contribution is -2.40. The molecule has 0 fully saturated rings. The molecule has 1 aromatic carbocycles. The maximum Gasteiger partial charge on any atom is 0.311 e. The van der Waals surface area contributed by atoms with Crippen LogP contribution < -0.4 is 5.32 Å². The predicted octanol–water partition coefficient (Wildman–Crippen LogP) is 1.79. The highest BCUT2D eigenvalue weighted by Crippen LogP contribution is 2.20. The molecular formula is C14H17N3O3. The molecule has 106 valence electrons. The molecular weight excluding hydrogens is 258 g/mol. The minimum absolute atomic E-state index is 0.0959. The van der Waals surface area contributed by atoms with Gasteiger partial charge >= 0.3 is 5.97 Å². The van der Waals surface area contributed by atoms with E-state index in [-0.39, 0.29) is 12.5 Å². The van der Waals surface area contributed by atoms with Crippen molar-refractivity contribution in [3.63, 3.8) is 0 Å². The topological polar surface area (TPSA) is 95.1 Å². The number of hydrogen-bond donors (Lipinski definition) is 3. The van der Waals surface area contributed by atoms with Gasteiger partial charge in [-0.25, -0.2) is 0 Å². The maximum absolute atomic E-state index is 12.1. The van der Waals surface area contributed by atoms with Crippen LogP contribution in [0.25, 0.3) is 10.9 Å². The van der Waals surface area contributed by atoms with Crippen LogP contribution in [0.5, 0.6) is 0 Å². The molecule has 1 atom stereocenters. The monoisotopic (exact) mass is 275 g/mol. The summed E-state index contributed by atoms with van der Waals surface area (Å²) in [5, 5.41) is 19.4. The van der Waals surface area contributed by atoms with Crippen molar-refractivity contribution in [2.45, 2.75) is 20.3 Å². The van der Waals surface area contributed by atoms with Gasteiger partial charge in [-0.2, -0.15) is 5.10 Å². The number of carbonyl (C=O) groups excluding carboxylic acids is 1. The lowest BCUT2D eigenvalue weighted by Gasteiger charge is -2.23. The SMILES string of the molecule is CCC(C)(CNC(=O)c1ccc2cn[nH]c2c1)C(=O)O. The number of carbonyl (C=O) groups is 2. The first-order chi connectivity index (χ1) is 9.46. The maximum atomic E-state index is 12.1. The highest BCUT2D eigenvalue weighted by atomic mass is 16.4. The number of aliphatic carboxylic acids is 1. The van der Waals surface area contributed by atoms with Gasteiger partial charge in [0.25, 0.3) is 5.91 Å². The minimum Gasteiger partial charge on any atom is -0.481 e. The lowest BCUT2D eigenvalue weighted by molar-refractivity contribution is -0.147. The van der Waals surface area contributed by atoms with E-state index >= 15 is 0 Å². The van der Waals surface area contributed by atoms with Crippen molar-refractivity contribution in [1.29, 1.82) is 0 Å². The first kappa shape index (κ1) is 14.0. The number of H-pyrrole nitrogens is 1. The summed E-state index contributed by atoms with van der Waals surface area (Å²) < 4.78 is 0.